The zero-order valence-corrected chi connectivity index (χ0v) is 16.4. The highest BCUT2D eigenvalue weighted by Crippen LogP contribution is 2.26. The van der Waals surface area contributed by atoms with E-state index in [0.29, 0.717) is 28.2 Å². The Balaban J connectivity index is 1.58. The average Bonchev–Trinajstić information content (AvgIpc) is 3.09. The van der Waals surface area contributed by atoms with Gasteiger partial charge in [-0.1, -0.05) is 6.07 Å². The van der Waals surface area contributed by atoms with Crippen LogP contribution >= 0.6 is 0 Å². The van der Waals surface area contributed by atoms with E-state index in [2.05, 4.69) is 22.2 Å². The largest absolute Gasteiger partial charge is 0.314 e. The van der Waals surface area contributed by atoms with Gasteiger partial charge in [0.15, 0.2) is 11.5 Å². The molecule has 3 aromatic heterocycles. The van der Waals surface area contributed by atoms with Gasteiger partial charge in [0.2, 0.25) is 0 Å². The third-order valence-corrected chi connectivity index (χ3v) is 5.73. The smallest absolute Gasteiger partial charge is 0.261 e. The van der Waals surface area contributed by atoms with Gasteiger partial charge < -0.3 is 9.72 Å². The summed E-state index contributed by atoms with van der Waals surface area (Å²) in [7, 11) is 0. The van der Waals surface area contributed by atoms with Crippen LogP contribution in [0.2, 0.25) is 0 Å². The van der Waals surface area contributed by atoms with Gasteiger partial charge in [-0.3, -0.25) is 9.36 Å². The van der Waals surface area contributed by atoms with E-state index in [1.54, 1.807) is 27.6 Å². The molecular weight excluding hydrogens is 369 g/mol. The van der Waals surface area contributed by atoms with Crippen LogP contribution in [0.15, 0.2) is 47.8 Å². The topological polar surface area (TPSA) is 64.2 Å². The van der Waals surface area contributed by atoms with Gasteiger partial charge in [0.05, 0.1) is 22.9 Å². The highest BCUT2D eigenvalue weighted by molar-refractivity contribution is 5.83. The van der Waals surface area contributed by atoms with E-state index in [9.17, 15) is 9.18 Å². The molecule has 0 spiro atoms. The van der Waals surface area contributed by atoms with E-state index in [1.165, 1.54) is 6.07 Å². The van der Waals surface area contributed by atoms with Crippen molar-refractivity contribution in [2.24, 2.45) is 0 Å². The molecule has 148 valence electrons. The second kappa shape index (κ2) is 6.77. The van der Waals surface area contributed by atoms with Gasteiger partial charge in [0.1, 0.15) is 0 Å². The first-order valence-corrected chi connectivity index (χ1v) is 9.89. The first-order valence-electron chi connectivity index (χ1n) is 9.89. The van der Waals surface area contributed by atoms with Crippen LogP contribution in [0.25, 0.3) is 27.7 Å². The van der Waals surface area contributed by atoms with Crippen LogP contribution in [0.3, 0.4) is 0 Å². The number of nitrogens with zero attached hydrogens (tertiary/aromatic N) is 4. The Hall–Kier alpha value is -3.06. The molecular formula is C22H22FN5O. The number of fused-ring (bicyclic) bond motifs is 2. The number of pyridine rings is 1. The molecule has 4 heterocycles. The Labute approximate surface area is 167 Å². The minimum absolute atomic E-state index is 0.0208. The summed E-state index contributed by atoms with van der Waals surface area (Å²) in [6.45, 7) is 4.87. The predicted octanol–water partition coefficient (Wildman–Crippen LogP) is 3.47. The highest BCUT2D eigenvalue weighted by Gasteiger charge is 2.21. The summed E-state index contributed by atoms with van der Waals surface area (Å²) in [6, 6.07) is 7.51. The summed E-state index contributed by atoms with van der Waals surface area (Å²) in [4.78, 5) is 21.8. The number of hydrogen-bond donors (Lipinski definition) is 1. The summed E-state index contributed by atoms with van der Waals surface area (Å²) < 4.78 is 17.9. The van der Waals surface area contributed by atoms with Crippen molar-refractivity contribution in [1.29, 1.82) is 0 Å². The van der Waals surface area contributed by atoms with Crippen molar-refractivity contribution in [1.82, 2.24) is 24.3 Å². The third-order valence-electron chi connectivity index (χ3n) is 5.73. The summed E-state index contributed by atoms with van der Waals surface area (Å²) in [5.41, 5.74) is 3.19. The van der Waals surface area contributed by atoms with Gasteiger partial charge in [-0.25, -0.2) is 14.4 Å². The molecule has 4 aromatic rings. The zero-order chi connectivity index (χ0) is 20.1. The molecule has 0 unspecified atom stereocenters. The molecule has 0 saturated carbocycles. The monoisotopic (exact) mass is 391 g/mol. The molecule has 29 heavy (non-hydrogen) atoms. The van der Waals surface area contributed by atoms with E-state index in [1.807, 2.05) is 25.3 Å². The summed E-state index contributed by atoms with van der Waals surface area (Å²) in [5, 5.41) is 4.00. The van der Waals surface area contributed by atoms with E-state index in [4.69, 9.17) is 0 Å². The van der Waals surface area contributed by atoms with Gasteiger partial charge in [-0.05, 0) is 57.0 Å². The zero-order valence-electron chi connectivity index (χ0n) is 16.4. The third kappa shape index (κ3) is 3.11. The van der Waals surface area contributed by atoms with Gasteiger partial charge in [0.25, 0.3) is 5.56 Å². The number of imidazole rings is 1. The normalized spacial score (nSPS) is 19.8. The number of aryl methyl sites for hydroxylation is 1. The van der Waals surface area contributed by atoms with Crippen molar-refractivity contribution in [3.8, 4) is 11.1 Å². The lowest BCUT2D eigenvalue weighted by molar-refractivity contribution is 0.307. The molecule has 1 aliphatic rings. The lowest BCUT2D eigenvalue weighted by Gasteiger charge is -2.29. The molecule has 0 radical (unpaired) electrons. The molecule has 0 bridgehead atoms. The van der Waals surface area contributed by atoms with E-state index in [0.717, 1.165) is 30.6 Å². The van der Waals surface area contributed by atoms with Crippen molar-refractivity contribution in [2.75, 3.05) is 6.54 Å². The number of hydrogen-bond acceptors (Lipinski definition) is 4. The molecule has 2 atom stereocenters. The lowest BCUT2D eigenvalue weighted by Crippen LogP contribution is -2.39. The number of aromatic nitrogens is 4. The molecule has 7 heteroatoms. The Morgan fingerprint density at radius 2 is 2.07 bits per heavy atom. The van der Waals surface area contributed by atoms with Crippen LogP contribution in [0, 0.1) is 12.7 Å². The first-order chi connectivity index (χ1) is 14.0. The standard InChI is InChI=1S/C22H22FN5O/c1-13-7-17(5-6-24-13)28-12-25-20-9-15(3-4-18(20)22(28)29)16-8-19(23)21-26-14(2)10-27(21)11-16/h3-4,8-13,17,24H,5-7H2,1-2H3/t13-,17-/m1/s1. The minimum Gasteiger partial charge on any atom is -0.314 e. The Kier molecular flexibility index (Phi) is 4.20. The fourth-order valence-electron chi connectivity index (χ4n) is 4.27. The molecule has 1 N–H and O–H groups in total. The van der Waals surface area contributed by atoms with Crippen LogP contribution in [-0.2, 0) is 0 Å². The molecule has 5 rings (SSSR count). The SMILES string of the molecule is Cc1cn2cc(-c3ccc4c(=O)n([C@@H]5CCN[C@H](C)C5)cnc4c3)cc(F)c2n1. The van der Waals surface area contributed by atoms with Gasteiger partial charge >= 0.3 is 0 Å². The van der Waals surface area contributed by atoms with Crippen LogP contribution in [0.4, 0.5) is 4.39 Å². The number of halogens is 1. The molecule has 0 amide bonds. The Morgan fingerprint density at radius 3 is 2.90 bits per heavy atom. The van der Waals surface area contributed by atoms with E-state index in [-0.39, 0.29) is 17.4 Å². The highest BCUT2D eigenvalue weighted by atomic mass is 19.1. The minimum atomic E-state index is -0.376. The number of benzene rings is 1. The molecule has 1 fully saturated rings. The second-order valence-corrected chi connectivity index (χ2v) is 7.91. The second-order valence-electron chi connectivity index (χ2n) is 7.91. The fraction of sp³-hybridized carbons (Fsp3) is 0.318. The Bertz CT molecular complexity index is 1290. The Morgan fingerprint density at radius 1 is 1.21 bits per heavy atom. The van der Waals surface area contributed by atoms with Crippen LogP contribution in [0.5, 0.6) is 0 Å². The van der Waals surface area contributed by atoms with E-state index >= 15 is 0 Å². The van der Waals surface area contributed by atoms with Crippen molar-refractivity contribution in [3.05, 3.63) is 64.9 Å². The van der Waals surface area contributed by atoms with Crippen molar-refractivity contribution >= 4 is 16.6 Å². The fourth-order valence-corrected chi connectivity index (χ4v) is 4.27. The quantitative estimate of drug-likeness (QED) is 0.568. The number of rotatable bonds is 2. The molecule has 1 aliphatic heterocycles. The maximum atomic E-state index is 14.5. The van der Waals surface area contributed by atoms with Crippen LogP contribution in [0.1, 0.15) is 31.5 Å². The molecule has 6 nitrogen and oxygen atoms in total. The van der Waals surface area contributed by atoms with Crippen molar-refractivity contribution in [3.63, 3.8) is 0 Å². The first kappa shape index (κ1) is 18.0. The number of piperidine rings is 1. The molecule has 1 aromatic carbocycles. The summed E-state index contributed by atoms with van der Waals surface area (Å²) in [6.07, 6.45) is 7.12. The maximum Gasteiger partial charge on any atom is 0.261 e. The summed E-state index contributed by atoms with van der Waals surface area (Å²) >= 11 is 0. The lowest BCUT2D eigenvalue weighted by atomic mass is 10.00. The summed E-state index contributed by atoms with van der Waals surface area (Å²) in [5.74, 6) is -0.376. The molecule has 1 saturated heterocycles. The molecule has 0 aliphatic carbocycles. The van der Waals surface area contributed by atoms with Crippen molar-refractivity contribution < 1.29 is 4.39 Å². The van der Waals surface area contributed by atoms with E-state index < -0.39 is 0 Å². The predicted molar refractivity (Wildman–Crippen MR) is 111 cm³/mol. The van der Waals surface area contributed by atoms with Gasteiger partial charge in [-0.2, -0.15) is 0 Å². The van der Waals surface area contributed by atoms with Gasteiger partial charge in [0, 0.05) is 30.0 Å². The number of nitrogens with one attached hydrogen (secondary N) is 1. The van der Waals surface area contributed by atoms with Crippen LogP contribution < -0.4 is 10.9 Å². The van der Waals surface area contributed by atoms with Gasteiger partial charge in [-0.15, -0.1) is 0 Å². The maximum absolute atomic E-state index is 14.5. The average molecular weight is 391 g/mol. The van der Waals surface area contributed by atoms with Crippen molar-refractivity contribution in [2.45, 2.75) is 38.8 Å². The van der Waals surface area contributed by atoms with Crippen LogP contribution in [-0.4, -0.2) is 31.5 Å².